The number of piperidine rings is 1. The van der Waals surface area contributed by atoms with Crippen LogP contribution in [0.5, 0.6) is 0 Å². The SMILES string of the molecule is O=C(CN1CCC(c2ccccc2)CC1)Nc1ccc(F)cc1. The Morgan fingerprint density at radius 3 is 2.35 bits per heavy atom. The Labute approximate surface area is 136 Å². The van der Waals surface area contributed by atoms with Crippen molar-refractivity contribution >= 4 is 11.6 Å². The summed E-state index contributed by atoms with van der Waals surface area (Å²) in [5, 5.41) is 2.81. The maximum Gasteiger partial charge on any atom is 0.238 e. The number of nitrogens with zero attached hydrogens (tertiary/aromatic N) is 1. The number of rotatable bonds is 4. The molecule has 120 valence electrons. The van der Waals surface area contributed by atoms with E-state index >= 15 is 0 Å². The number of hydrogen-bond acceptors (Lipinski definition) is 2. The Morgan fingerprint density at radius 1 is 1.04 bits per heavy atom. The van der Waals surface area contributed by atoms with E-state index in [2.05, 4.69) is 34.5 Å². The van der Waals surface area contributed by atoms with Crippen LogP contribution in [0.25, 0.3) is 0 Å². The van der Waals surface area contributed by atoms with E-state index < -0.39 is 0 Å². The van der Waals surface area contributed by atoms with E-state index in [1.54, 1.807) is 12.1 Å². The topological polar surface area (TPSA) is 32.3 Å². The fourth-order valence-electron chi connectivity index (χ4n) is 3.09. The van der Waals surface area contributed by atoms with E-state index in [0.29, 0.717) is 18.2 Å². The monoisotopic (exact) mass is 312 g/mol. The zero-order valence-electron chi connectivity index (χ0n) is 13.0. The van der Waals surface area contributed by atoms with Crippen LogP contribution in [-0.2, 0) is 4.79 Å². The first-order valence-electron chi connectivity index (χ1n) is 8.03. The van der Waals surface area contributed by atoms with Gasteiger partial charge in [-0.15, -0.1) is 0 Å². The Hall–Kier alpha value is -2.20. The van der Waals surface area contributed by atoms with Crippen LogP contribution < -0.4 is 5.32 Å². The van der Waals surface area contributed by atoms with Gasteiger partial charge in [-0.25, -0.2) is 4.39 Å². The standard InChI is InChI=1S/C19H21FN2O/c20-17-6-8-18(9-7-17)21-19(23)14-22-12-10-16(11-13-22)15-4-2-1-3-5-15/h1-9,16H,10-14H2,(H,21,23). The average Bonchev–Trinajstić information content (AvgIpc) is 2.58. The first-order valence-corrected chi connectivity index (χ1v) is 8.03. The summed E-state index contributed by atoms with van der Waals surface area (Å²) in [6.45, 7) is 2.24. The summed E-state index contributed by atoms with van der Waals surface area (Å²) in [4.78, 5) is 14.2. The Bertz CT molecular complexity index is 634. The van der Waals surface area contributed by atoms with Crippen molar-refractivity contribution in [2.45, 2.75) is 18.8 Å². The van der Waals surface area contributed by atoms with Crippen molar-refractivity contribution in [2.75, 3.05) is 25.0 Å². The largest absolute Gasteiger partial charge is 0.325 e. The first-order chi connectivity index (χ1) is 11.2. The van der Waals surface area contributed by atoms with Gasteiger partial charge in [-0.2, -0.15) is 0 Å². The number of carbonyl (C=O) groups is 1. The normalized spacial score (nSPS) is 16.2. The summed E-state index contributed by atoms with van der Waals surface area (Å²) in [6, 6.07) is 16.4. The lowest BCUT2D eigenvalue weighted by atomic mass is 9.89. The number of amides is 1. The molecule has 0 spiro atoms. The van der Waals surface area contributed by atoms with E-state index in [9.17, 15) is 9.18 Å². The molecule has 1 fully saturated rings. The number of nitrogens with one attached hydrogen (secondary N) is 1. The van der Waals surface area contributed by atoms with Gasteiger partial charge in [-0.1, -0.05) is 30.3 Å². The predicted molar refractivity (Wildman–Crippen MR) is 89.9 cm³/mol. The predicted octanol–water partition coefficient (Wildman–Crippen LogP) is 3.64. The Kier molecular flexibility index (Phi) is 5.03. The minimum absolute atomic E-state index is 0.0465. The third-order valence-electron chi connectivity index (χ3n) is 4.35. The van der Waals surface area contributed by atoms with Gasteiger partial charge >= 0.3 is 0 Å². The average molecular weight is 312 g/mol. The molecule has 1 heterocycles. The van der Waals surface area contributed by atoms with Gasteiger partial charge in [0.1, 0.15) is 5.82 Å². The summed E-state index contributed by atoms with van der Waals surface area (Å²) in [5.74, 6) is 0.244. The molecule has 1 aliphatic rings. The molecule has 0 radical (unpaired) electrons. The van der Waals surface area contributed by atoms with Crippen molar-refractivity contribution in [1.82, 2.24) is 4.90 Å². The van der Waals surface area contributed by atoms with Gasteiger partial charge < -0.3 is 5.32 Å². The van der Waals surface area contributed by atoms with Crippen LogP contribution in [-0.4, -0.2) is 30.4 Å². The molecular weight excluding hydrogens is 291 g/mol. The van der Waals surface area contributed by atoms with Crippen molar-refractivity contribution in [1.29, 1.82) is 0 Å². The molecule has 0 aromatic heterocycles. The highest BCUT2D eigenvalue weighted by Crippen LogP contribution is 2.27. The molecule has 23 heavy (non-hydrogen) atoms. The summed E-state index contributed by atoms with van der Waals surface area (Å²) in [5.41, 5.74) is 2.03. The van der Waals surface area contributed by atoms with Crippen molar-refractivity contribution in [3.05, 3.63) is 66.0 Å². The maximum atomic E-state index is 12.9. The molecule has 3 nitrogen and oxygen atoms in total. The van der Waals surface area contributed by atoms with E-state index in [1.165, 1.54) is 17.7 Å². The van der Waals surface area contributed by atoms with Crippen molar-refractivity contribution in [3.63, 3.8) is 0 Å². The maximum absolute atomic E-state index is 12.9. The molecule has 2 aromatic rings. The van der Waals surface area contributed by atoms with Crippen LogP contribution in [0.15, 0.2) is 54.6 Å². The molecule has 0 saturated carbocycles. The lowest BCUT2D eigenvalue weighted by Crippen LogP contribution is -2.38. The summed E-state index contributed by atoms with van der Waals surface area (Å²) >= 11 is 0. The minimum atomic E-state index is -0.300. The third kappa shape index (κ3) is 4.39. The second kappa shape index (κ2) is 7.38. The fraction of sp³-hybridized carbons (Fsp3) is 0.316. The van der Waals surface area contributed by atoms with Gasteiger partial charge in [0.15, 0.2) is 0 Å². The van der Waals surface area contributed by atoms with Gasteiger partial charge in [-0.05, 0) is 61.7 Å². The van der Waals surface area contributed by atoms with Crippen molar-refractivity contribution in [2.24, 2.45) is 0 Å². The van der Waals surface area contributed by atoms with E-state index in [4.69, 9.17) is 0 Å². The Balaban J connectivity index is 1.47. The molecule has 3 rings (SSSR count). The van der Waals surface area contributed by atoms with Crippen molar-refractivity contribution < 1.29 is 9.18 Å². The van der Waals surface area contributed by atoms with Gasteiger partial charge in [-0.3, -0.25) is 9.69 Å². The molecule has 0 atom stereocenters. The summed E-state index contributed by atoms with van der Waals surface area (Å²) < 4.78 is 12.9. The summed E-state index contributed by atoms with van der Waals surface area (Å²) in [7, 11) is 0. The van der Waals surface area contributed by atoms with Crippen LogP contribution in [0.2, 0.25) is 0 Å². The number of halogens is 1. The lowest BCUT2D eigenvalue weighted by Gasteiger charge is -2.31. The van der Waals surface area contributed by atoms with Crippen LogP contribution in [0.4, 0.5) is 10.1 Å². The number of hydrogen-bond donors (Lipinski definition) is 1. The molecular formula is C19H21FN2O. The molecule has 1 aliphatic heterocycles. The fourth-order valence-corrected chi connectivity index (χ4v) is 3.09. The van der Waals surface area contributed by atoms with Gasteiger partial charge in [0.2, 0.25) is 5.91 Å². The van der Waals surface area contributed by atoms with Crippen LogP contribution in [0.3, 0.4) is 0 Å². The summed E-state index contributed by atoms with van der Waals surface area (Å²) in [6.07, 6.45) is 2.15. The highest BCUT2D eigenvalue weighted by Gasteiger charge is 2.21. The van der Waals surface area contributed by atoms with E-state index in [1.807, 2.05) is 6.07 Å². The first kappa shape index (κ1) is 15.7. The second-order valence-electron chi connectivity index (χ2n) is 6.02. The Morgan fingerprint density at radius 2 is 1.70 bits per heavy atom. The van der Waals surface area contributed by atoms with Crippen LogP contribution >= 0.6 is 0 Å². The van der Waals surface area contributed by atoms with Gasteiger partial charge in [0.05, 0.1) is 6.54 Å². The number of likely N-dealkylation sites (tertiary alicyclic amines) is 1. The van der Waals surface area contributed by atoms with E-state index in [-0.39, 0.29) is 11.7 Å². The molecule has 1 saturated heterocycles. The van der Waals surface area contributed by atoms with Gasteiger partial charge in [0, 0.05) is 5.69 Å². The van der Waals surface area contributed by atoms with Gasteiger partial charge in [0.25, 0.3) is 0 Å². The number of benzene rings is 2. The quantitative estimate of drug-likeness (QED) is 0.935. The number of anilines is 1. The smallest absolute Gasteiger partial charge is 0.238 e. The molecule has 0 unspecified atom stereocenters. The molecule has 0 bridgehead atoms. The van der Waals surface area contributed by atoms with Crippen LogP contribution in [0.1, 0.15) is 24.3 Å². The van der Waals surface area contributed by atoms with E-state index in [0.717, 1.165) is 25.9 Å². The molecule has 1 amide bonds. The third-order valence-corrected chi connectivity index (χ3v) is 4.35. The minimum Gasteiger partial charge on any atom is -0.325 e. The molecule has 2 aromatic carbocycles. The molecule has 0 aliphatic carbocycles. The van der Waals surface area contributed by atoms with Crippen LogP contribution in [0, 0.1) is 5.82 Å². The molecule has 1 N–H and O–H groups in total. The highest BCUT2D eigenvalue weighted by atomic mass is 19.1. The second-order valence-corrected chi connectivity index (χ2v) is 6.02. The highest BCUT2D eigenvalue weighted by molar-refractivity contribution is 5.92. The zero-order valence-corrected chi connectivity index (χ0v) is 13.0. The number of carbonyl (C=O) groups excluding carboxylic acids is 1. The molecule has 4 heteroatoms. The van der Waals surface area contributed by atoms with Crippen molar-refractivity contribution in [3.8, 4) is 0 Å². The lowest BCUT2D eigenvalue weighted by molar-refractivity contribution is -0.117. The zero-order chi connectivity index (χ0) is 16.1.